The van der Waals surface area contributed by atoms with Crippen molar-refractivity contribution in [3.05, 3.63) is 52.1 Å². The highest BCUT2D eigenvalue weighted by Gasteiger charge is 2.35. The van der Waals surface area contributed by atoms with Crippen molar-refractivity contribution in [2.24, 2.45) is 5.92 Å². The van der Waals surface area contributed by atoms with Crippen LogP contribution in [0.15, 0.2) is 46.3 Å². The molecule has 0 unspecified atom stereocenters. The van der Waals surface area contributed by atoms with E-state index in [-0.39, 0.29) is 34.1 Å². The summed E-state index contributed by atoms with van der Waals surface area (Å²) in [6.07, 6.45) is 3.19. The Bertz CT molecular complexity index is 1380. The highest BCUT2D eigenvalue weighted by Crippen LogP contribution is 2.45. The van der Waals surface area contributed by atoms with Crippen LogP contribution in [0.4, 0.5) is 5.69 Å². The van der Waals surface area contributed by atoms with Crippen LogP contribution in [0.5, 0.6) is 5.88 Å². The number of carbonyl (C=O) groups is 1. The number of aromatic nitrogens is 1. The average molecular weight is 557 g/mol. The first-order chi connectivity index (χ1) is 16.9. The predicted molar refractivity (Wildman–Crippen MR) is 131 cm³/mol. The van der Waals surface area contributed by atoms with Crippen LogP contribution in [-0.4, -0.2) is 68.2 Å². The molecule has 4 rings (SSSR count). The van der Waals surface area contributed by atoms with Crippen LogP contribution >= 0.6 is 11.8 Å². The molecule has 1 amide bonds. The third-order valence-electron chi connectivity index (χ3n) is 5.96. The molecule has 2 aliphatic heterocycles. The van der Waals surface area contributed by atoms with Crippen LogP contribution in [-0.2, 0) is 20.0 Å². The minimum absolute atomic E-state index is 0.102. The van der Waals surface area contributed by atoms with E-state index < -0.39 is 41.6 Å². The number of benzene rings is 1. The van der Waals surface area contributed by atoms with Crippen molar-refractivity contribution >= 4 is 43.4 Å². The molecule has 2 aromatic rings. The zero-order valence-corrected chi connectivity index (χ0v) is 21.6. The van der Waals surface area contributed by atoms with E-state index in [2.05, 4.69) is 4.98 Å². The van der Waals surface area contributed by atoms with Crippen molar-refractivity contribution in [3.63, 3.8) is 0 Å². The van der Waals surface area contributed by atoms with Crippen molar-refractivity contribution in [1.82, 2.24) is 14.0 Å². The van der Waals surface area contributed by atoms with Gasteiger partial charge in [-0.05, 0) is 37.3 Å². The Morgan fingerprint density at radius 3 is 2.50 bits per heavy atom. The number of nitrogens with zero attached hydrogens (tertiary/aromatic N) is 3. The number of hydrogen-bond donors (Lipinski definition) is 1. The number of thioether (sulfide) groups is 1. The fourth-order valence-electron chi connectivity index (χ4n) is 4.12. The molecular formula is C21H24N4O8S3. The van der Waals surface area contributed by atoms with Gasteiger partial charge in [-0.3, -0.25) is 14.9 Å². The molecule has 2 aliphatic rings. The first-order valence-electron chi connectivity index (χ1n) is 11.0. The maximum atomic E-state index is 12.8. The van der Waals surface area contributed by atoms with Crippen LogP contribution < -0.4 is 9.46 Å². The SMILES string of the molecule is CS(=O)(=O)N1CCC(C[C@H]2COc3nc(S(=O)(=O)NC(=O)c4ccccc4)cc([N+](=O)[O-])c3S2)CC1. The quantitative estimate of drug-likeness (QED) is 0.394. The second-order valence-corrected chi connectivity index (χ2v) is 13.5. The molecule has 1 aromatic heterocycles. The summed E-state index contributed by atoms with van der Waals surface area (Å²) in [7, 11) is -7.74. The summed E-state index contributed by atoms with van der Waals surface area (Å²) in [5.74, 6) is -0.842. The van der Waals surface area contributed by atoms with Gasteiger partial charge in [-0.25, -0.2) is 17.4 Å². The van der Waals surface area contributed by atoms with Gasteiger partial charge in [0.05, 0.1) is 17.2 Å². The summed E-state index contributed by atoms with van der Waals surface area (Å²) in [6, 6.07) is 8.49. The number of amides is 1. The first kappa shape index (κ1) is 26.3. The fourth-order valence-corrected chi connectivity index (χ4v) is 7.22. The van der Waals surface area contributed by atoms with Crippen LogP contribution in [0.3, 0.4) is 0 Å². The molecule has 194 valence electrons. The standard InChI is InChI=1S/C21H24N4O8S3/c1-35(29,30)24-9-7-14(8-10-24)11-16-13-33-21-19(34-16)17(25(27)28)12-18(22-21)36(31,32)23-20(26)15-5-3-2-4-6-15/h2-6,12,14,16H,7-11,13H2,1H3,(H,23,26)/t16-/m0/s1. The number of pyridine rings is 1. The van der Waals surface area contributed by atoms with E-state index in [1.807, 2.05) is 4.72 Å². The summed E-state index contributed by atoms with van der Waals surface area (Å²) >= 11 is 1.20. The largest absolute Gasteiger partial charge is 0.475 e. The molecule has 0 aliphatic carbocycles. The van der Waals surface area contributed by atoms with Crippen LogP contribution in [0.25, 0.3) is 0 Å². The highest BCUT2D eigenvalue weighted by molar-refractivity contribution is 8.00. The molecule has 1 N–H and O–H groups in total. The first-order valence-corrected chi connectivity index (χ1v) is 15.2. The predicted octanol–water partition coefficient (Wildman–Crippen LogP) is 2.02. The number of carbonyl (C=O) groups excluding carboxylic acids is 1. The molecule has 1 atom stereocenters. The summed E-state index contributed by atoms with van der Waals surface area (Å²) in [5, 5.41) is 11.0. The van der Waals surface area contributed by atoms with Crippen molar-refractivity contribution in [1.29, 1.82) is 0 Å². The van der Waals surface area contributed by atoms with E-state index in [0.29, 0.717) is 32.4 Å². The Kier molecular flexibility index (Phi) is 7.54. The van der Waals surface area contributed by atoms with E-state index in [1.54, 1.807) is 18.2 Å². The van der Waals surface area contributed by atoms with Crippen molar-refractivity contribution < 1.29 is 31.3 Å². The van der Waals surface area contributed by atoms with Gasteiger partial charge in [0.1, 0.15) is 11.5 Å². The molecule has 1 saturated heterocycles. The lowest BCUT2D eigenvalue weighted by atomic mass is 9.93. The van der Waals surface area contributed by atoms with Gasteiger partial charge in [-0.15, -0.1) is 11.8 Å². The lowest BCUT2D eigenvalue weighted by Gasteiger charge is -2.33. The minimum atomic E-state index is -4.51. The van der Waals surface area contributed by atoms with Gasteiger partial charge in [0, 0.05) is 23.9 Å². The van der Waals surface area contributed by atoms with Gasteiger partial charge in [0.15, 0.2) is 5.03 Å². The molecule has 12 nitrogen and oxygen atoms in total. The second-order valence-electron chi connectivity index (χ2n) is 8.56. The minimum Gasteiger partial charge on any atom is -0.475 e. The van der Waals surface area contributed by atoms with E-state index in [1.165, 1.54) is 34.5 Å². The molecule has 0 bridgehead atoms. The Morgan fingerprint density at radius 2 is 1.89 bits per heavy atom. The van der Waals surface area contributed by atoms with Crippen LogP contribution in [0, 0.1) is 16.0 Å². The molecule has 36 heavy (non-hydrogen) atoms. The number of rotatable bonds is 7. The zero-order valence-electron chi connectivity index (χ0n) is 19.2. The topological polar surface area (TPSA) is 166 Å². The van der Waals surface area contributed by atoms with E-state index in [4.69, 9.17) is 4.74 Å². The number of ether oxygens (including phenoxy) is 1. The van der Waals surface area contributed by atoms with E-state index in [0.717, 1.165) is 6.07 Å². The maximum absolute atomic E-state index is 12.8. The monoisotopic (exact) mass is 556 g/mol. The molecule has 3 heterocycles. The molecule has 15 heteroatoms. The number of sulfonamides is 2. The van der Waals surface area contributed by atoms with Gasteiger partial charge in [0.25, 0.3) is 21.6 Å². The highest BCUT2D eigenvalue weighted by atomic mass is 32.2. The third-order valence-corrected chi connectivity index (χ3v) is 9.76. The number of nitrogens with one attached hydrogen (secondary N) is 1. The maximum Gasteiger partial charge on any atom is 0.291 e. The summed E-state index contributed by atoms with van der Waals surface area (Å²) < 4.78 is 57.9. The summed E-state index contributed by atoms with van der Waals surface area (Å²) in [5.41, 5.74) is -0.375. The smallest absolute Gasteiger partial charge is 0.291 e. The Labute approximate surface area is 212 Å². The summed E-state index contributed by atoms with van der Waals surface area (Å²) in [4.78, 5) is 27.5. The number of piperidine rings is 1. The van der Waals surface area contributed by atoms with Gasteiger partial charge in [-0.2, -0.15) is 13.4 Å². The Hall–Kier alpha value is -2.75. The normalized spacial score (nSPS) is 19.2. The lowest BCUT2D eigenvalue weighted by molar-refractivity contribution is -0.388. The van der Waals surface area contributed by atoms with Crippen molar-refractivity contribution in [2.75, 3.05) is 26.0 Å². The van der Waals surface area contributed by atoms with Gasteiger partial charge in [-0.1, -0.05) is 18.2 Å². The third kappa shape index (κ3) is 5.96. The van der Waals surface area contributed by atoms with Gasteiger partial charge in [0.2, 0.25) is 15.9 Å². The van der Waals surface area contributed by atoms with E-state index in [9.17, 15) is 31.7 Å². The molecule has 0 radical (unpaired) electrons. The number of fused-ring (bicyclic) bond motifs is 1. The van der Waals surface area contributed by atoms with Crippen LogP contribution in [0.1, 0.15) is 29.6 Å². The van der Waals surface area contributed by atoms with Gasteiger partial charge >= 0.3 is 0 Å². The second kappa shape index (κ2) is 10.3. The molecule has 0 saturated carbocycles. The Balaban J connectivity index is 1.50. The van der Waals surface area contributed by atoms with Crippen molar-refractivity contribution in [2.45, 2.75) is 34.4 Å². The van der Waals surface area contributed by atoms with Crippen molar-refractivity contribution in [3.8, 4) is 5.88 Å². The average Bonchev–Trinajstić information content (AvgIpc) is 2.83. The zero-order chi connectivity index (χ0) is 26.1. The Morgan fingerprint density at radius 1 is 1.22 bits per heavy atom. The lowest BCUT2D eigenvalue weighted by Crippen LogP contribution is -2.38. The number of nitro groups is 1. The summed E-state index contributed by atoms with van der Waals surface area (Å²) in [6.45, 7) is 1.01. The fraction of sp³-hybridized carbons (Fsp3) is 0.429. The molecule has 0 spiro atoms. The molecular weight excluding hydrogens is 532 g/mol. The van der Waals surface area contributed by atoms with Crippen LogP contribution in [0.2, 0.25) is 0 Å². The van der Waals surface area contributed by atoms with Gasteiger partial charge < -0.3 is 4.74 Å². The van der Waals surface area contributed by atoms with E-state index >= 15 is 0 Å². The number of hydrogen-bond acceptors (Lipinski definition) is 10. The molecule has 1 fully saturated rings. The molecule has 1 aromatic carbocycles.